The van der Waals surface area contributed by atoms with E-state index in [9.17, 15) is 4.39 Å². The van der Waals surface area contributed by atoms with E-state index in [2.05, 4.69) is 17.3 Å². The molecule has 0 bridgehead atoms. The van der Waals surface area contributed by atoms with Crippen LogP contribution in [0.2, 0.25) is 0 Å². The van der Waals surface area contributed by atoms with Crippen molar-refractivity contribution in [2.24, 2.45) is 0 Å². The molecule has 1 aromatic carbocycles. The second-order valence-electron chi connectivity index (χ2n) is 4.89. The van der Waals surface area contributed by atoms with Gasteiger partial charge in [-0.05, 0) is 37.9 Å². The van der Waals surface area contributed by atoms with Gasteiger partial charge in [-0.3, -0.25) is 4.90 Å². The first-order valence-corrected chi connectivity index (χ1v) is 7.56. The molecule has 1 aliphatic rings. The molecule has 0 aromatic heterocycles. The van der Waals surface area contributed by atoms with Gasteiger partial charge in [-0.15, -0.1) is 0 Å². The lowest BCUT2D eigenvalue weighted by atomic mass is 10.1. The largest absolute Gasteiger partial charge is 0.316 e. The molecule has 1 unspecified atom stereocenters. The zero-order valence-corrected chi connectivity index (χ0v) is 11.9. The molecule has 1 aliphatic heterocycles. The number of halogens is 1. The van der Waals surface area contributed by atoms with Crippen molar-refractivity contribution in [3.63, 3.8) is 0 Å². The lowest BCUT2D eigenvalue weighted by Crippen LogP contribution is -2.31. The third kappa shape index (κ3) is 3.46. The highest BCUT2D eigenvalue weighted by Gasteiger charge is 2.20. The summed E-state index contributed by atoms with van der Waals surface area (Å²) in [5.74, 6) is 2.32. The highest BCUT2D eigenvalue weighted by atomic mass is 32.2. The van der Waals surface area contributed by atoms with Crippen LogP contribution in [0.3, 0.4) is 0 Å². The first-order valence-electron chi connectivity index (χ1n) is 6.40. The summed E-state index contributed by atoms with van der Waals surface area (Å²) in [6.07, 6.45) is 1.22. The molecular formula is C14H21FN2S. The fourth-order valence-corrected chi connectivity index (χ4v) is 3.63. The minimum Gasteiger partial charge on any atom is -0.316 e. The topological polar surface area (TPSA) is 15.3 Å². The molecule has 0 saturated carbocycles. The van der Waals surface area contributed by atoms with Crippen molar-refractivity contribution < 1.29 is 4.39 Å². The van der Waals surface area contributed by atoms with E-state index in [1.165, 1.54) is 17.9 Å². The molecule has 1 atom stereocenters. The standard InChI is InChI=1S/C14H21FN2S/c1-16-8-11-3-4-14(15)12(7-11)9-17(2)13-5-6-18-10-13/h3-4,7,13,16H,5-6,8-10H2,1-2H3. The van der Waals surface area contributed by atoms with Gasteiger partial charge in [0.1, 0.15) is 5.82 Å². The van der Waals surface area contributed by atoms with Crippen LogP contribution < -0.4 is 5.32 Å². The van der Waals surface area contributed by atoms with Crippen molar-refractivity contribution in [2.75, 3.05) is 25.6 Å². The van der Waals surface area contributed by atoms with Crippen molar-refractivity contribution in [1.29, 1.82) is 0 Å². The summed E-state index contributed by atoms with van der Waals surface area (Å²) >= 11 is 1.99. The molecule has 0 radical (unpaired) electrons. The normalized spacial score (nSPS) is 19.7. The van der Waals surface area contributed by atoms with Crippen molar-refractivity contribution in [3.8, 4) is 0 Å². The molecule has 1 heterocycles. The molecule has 0 aliphatic carbocycles. The number of hydrogen-bond donors (Lipinski definition) is 1. The van der Waals surface area contributed by atoms with Crippen molar-refractivity contribution in [1.82, 2.24) is 10.2 Å². The Labute approximate surface area is 113 Å². The smallest absolute Gasteiger partial charge is 0.127 e. The van der Waals surface area contributed by atoms with Crippen LogP contribution in [-0.4, -0.2) is 36.5 Å². The summed E-state index contributed by atoms with van der Waals surface area (Å²) in [7, 11) is 4.01. The summed E-state index contributed by atoms with van der Waals surface area (Å²) in [5.41, 5.74) is 1.95. The monoisotopic (exact) mass is 268 g/mol. The summed E-state index contributed by atoms with van der Waals surface area (Å²) in [5, 5.41) is 3.10. The molecule has 4 heteroatoms. The quantitative estimate of drug-likeness (QED) is 0.883. The molecule has 0 amide bonds. The first kappa shape index (κ1) is 13.8. The average Bonchev–Trinajstić information content (AvgIpc) is 2.87. The van der Waals surface area contributed by atoms with E-state index in [1.807, 2.05) is 30.9 Å². The number of hydrogen-bond acceptors (Lipinski definition) is 3. The van der Waals surface area contributed by atoms with Crippen LogP contribution in [0.15, 0.2) is 18.2 Å². The number of thioether (sulfide) groups is 1. The van der Waals surface area contributed by atoms with E-state index in [1.54, 1.807) is 6.07 Å². The van der Waals surface area contributed by atoms with Crippen LogP contribution in [-0.2, 0) is 13.1 Å². The maximum absolute atomic E-state index is 13.8. The lowest BCUT2D eigenvalue weighted by molar-refractivity contribution is 0.251. The maximum Gasteiger partial charge on any atom is 0.127 e. The third-order valence-corrected chi connectivity index (χ3v) is 4.58. The highest BCUT2D eigenvalue weighted by molar-refractivity contribution is 7.99. The minimum atomic E-state index is -0.0904. The fourth-order valence-electron chi connectivity index (χ4n) is 2.33. The van der Waals surface area contributed by atoms with E-state index < -0.39 is 0 Å². The van der Waals surface area contributed by atoms with E-state index in [-0.39, 0.29) is 5.82 Å². The predicted octanol–water partition coefficient (Wildman–Crippen LogP) is 2.48. The van der Waals surface area contributed by atoms with Crippen molar-refractivity contribution >= 4 is 11.8 Å². The third-order valence-electron chi connectivity index (χ3n) is 3.44. The van der Waals surface area contributed by atoms with Crippen LogP contribution in [0.25, 0.3) is 0 Å². The van der Waals surface area contributed by atoms with Crippen LogP contribution in [0, 0.1) is 5.82 Å². The van der Waals surface area contributed by atoms with Crippen molar-refractivity contribution in [3.05, 3.63) is 35.1 Å². The van der Waals surface area contributed by atoms with Gasteiger partial charge in [-0.1, -0.05) is 12.1 Å². The van der Waals surface area contributed by atoms with E-state index in [0.717, 1.165) is 17.7 Å². The Morgan fingerprint density at radius 3 is 3.00 bits per heavy atom. The summed E-state index contributed by atoms with van der Waals surface area (Å²) < 4.78 is 13.8. The van der Waals surface area contributed by atoms with Gasteiger partial charge >= 0.3 is 0 Å². The van der Waals surface area contributed by atoms with Gasteiger partial charge in [0.05, 0.1) is 0 Å². The zero-order chi connectivity index (χ0) is 13.0. The van der Waals surface area contributed by atoms with E-state index in [4.69, 9.17) is 0 Å². The fraction of sp³-hybridized carbons (Fsp3) is 0.571. The number of nitrogens with one attached hydrogen (secondary N) is 1. The summed E-state index contributed by atoms with van der Waals surface area (Å²) in [6, 6.07) is 6.01. The van der Waals surface area contributed by atoms with Gasteiger partial charge in [0.25, 0.3) is 0 Å². The zero-order valence-electron chi connectivity index (χ0n) is 11.1. The molecule has 2 nitrogen and oxygen atoms in total. The van der Waals surface area contributed by atoms with Crippen LogP contribution in [0.5, 0.6) is 0 Å². The molecule has 18 heavy (non-hydrogen) atoms. The average molecular weight is 268 g/mol. The van der Waals surface area contributed by atoms with Gasteiger partial charge in [0.2, 0.25) is 0 Å². The Morgan fingerprint density at radius 2 is 2.33 bits per heavy atom. The predicted molar refractivity (Wildman–Crippen MR) is 76.4 cm³/mol. The van der Waals surface area contributed by atoms with Gasteiger partial charge in [0.15, 0.2) is 0 Å². The number of rotatable bonds is 5. The molecule has 0 spiro atoms. The second kappa shape index (κ2) is 6.55. The second-order valence-corrected chi connectivity index (χ2v) is 6.04. The Bertz CT molecular complexity index is 391. The van der Waals surface area contributed by atoms with Crippen LogP contribution >= 0.6 is 11.8 Å². The van der Waals surface area contributed by atoms with Gasteiger partial charge in [-0.2, -0.15) is 11.8 Å². The first-order chi connectivity index (χ1) is 8.70. The number of nitrogens with zero attached hydrogens (tertiary/aromatic N) is 1. The Morgan fingerprint density at radius 1 is 1.50 bits per heavy atom. The van der Waals surface area contributed by atoms with Gasteiger partial charge in [-0.25, -0.2) is 4.39 Å². The molecule has 100 valence electrons. The molecule has 1 fully saturated rings. The minimum absolute atomic E-state index is 0.0904. The molecule has 2 rings (SSSR count). The SMILES string of the molecule is CNCc1ccc(F)c(CN(C)C2CCSC2)c1. The van der Waals surface area contributed by atoms with Gasteiger partial charge < -0.3 is 5.32 Å². The van der Waals surface area contributed by atoms with Gasteiger partial charge in [0, 0.05) is 30.4 Å². The Kier molecular flexibility index (Phi) is 5.03. The summed E-state index contributed by atoms with van der Waals surface area (Å²) in [6.45, 7) is 1.49. The summed E-state index contributed by atoms with van der Waals surface area (Å²) in [4.78, 5) is 2.28. The Balaban J connectivity index is 2.04. The number of benzene rings is 1. The van der Waals surface area contributed by atoms with E-state index >= 15 is 0 Å². The molecule has 1 aromatic rings. The van der Waals surface area contributed by atoms with E-state index in [0.29, 0.717) is 12.6 Å². The molecular weight excluding hydrogens is 247 g/mol. The van der Waals surface area contributed by atoms with Crippen molar-refractivity contribution in [2.45, 2.75) is 25.6 Å². The van der Waals surface area contributed by atoms with Crippen LogP contribution in [0.4, 0.5) is 4.39 Å². The Hall–Kier alpha value is -0.580. The highest BCUT2D eigenvalue weighted by Crippen LogP contribution is 2.23. The van der Waals surface area contributed by atoms with Crippen LogP contribution in [0.1, 0.15) is 17.5 Å². The maximum atomic E-state index is 13.8. The molecule has 1 N–H and O–H groups in total. The lowest BCUT2D eigenvalue weighted by Gasteiger charge is -2.23. The molecule has 1 saturated heterocycles.